The van der Waals surface area contributed by atoms with Crippen LogP contribution in [0.1, 0.15) is 36.0 Å². The fourth-order valence-corrected chi connectivity index (χ4v) is 2.18. The van der Waals surface area contributed by atoms with Crippen molar-refractivity contribution in [1.82, 2.24) is 15.8 Å². The molecular formula is C12H20ClN3O2. The van der Waals surface area contributed by atoms with Crippen molar-refractivity contribution in [1.29, 1.82) is 0 Å². The summed E-state index contributed by atoms with van der Waals surface area (Å²) in [5, 5.41) is 10.0. The molecule has 1 aliphatic rings. The number of aryl methyl sites for hydroxylation is 1. The Balaban J connectivity index is 0.00000162. The van der Waals surface area contributed by atoms with E-state index in [-0.39, 0.29) is 24.4 Å². The second-order valence-corrected chi connectivity index (χ2v) is 4.69. The lowest BCUT2D eigenvalue weighted by Crippen LogP contribution is -2.44. The van der Waals surface area contributed by atoms with Crippen molar-refractivity contribution < 1.29 is 9.32 Å². The van der Waals surface area contributed by atoms with E-state index in [1.807, 2.05) is 6.92 Å². The summed E-state index contributed by atoms with van der Waals surface area (Å²) in [5.74, 6) is 1.00. The van der Waals surface area contributed by atoms with Crippen LogP contribution in [0.4, 0.5) is 0 Å². The molecule has 2 unspecified atom stereocenters. The Morgan fingerprint density at radius 1 is 1.67 bits per heavy atom. The molecule has 1 fully saturated rings. The van der Waals surface area contributed by atoms with Crippen LogP contribution < -0.4 is 10.6 Å². The van der Waals surface area contributed by atoms with E-state index in [0.29, 0.717) is 17.4 Å². The number of nitrogens with zero attached hydrogens (tertiary/aromatic N) is 1. The van der Waals surface area contributed by atoms with E-state index in [9.17, 15) is 4.79 Å². The first-order valence-electron chi connectivity index (χ1n) is 6.11. The Labute approximate surface area is 113 Å². The zero-order valence-corrected chi connectivity index (χ0v) is 11.5. The molecule has 0 aromatic carbocycles. The Morgan fingerprint density at radius 2 is 2.44 bits per heavy atom. The van der Waals surface area contributed by atoms with Crippen LogP contribution in [-0.4, -0.2) is 30.2 Å². The van der Waals surface area contributed by atoms with Gasteiger partial charge < -0.3 is 15.2 Å². The standard InChI is InChI=1S/C12H19N3O2.ClH/c1-8-6-11(15-17-8)12(16)14-9(2)10-4-3-5-13-7-10;/h6,9-10,13H,3-5,7H2,1-2H3,(H,14,16);1H. The maximum atomic E-state index is 11.9. The van der Waals surface area contributed by atoms with Gasteiger partial charge in [0.1, 0.15) is 5.76 Å². The van der Waals surface area contributed by atoms with Crippen molar-refractivity contribution in [3.63, 3.8) is 0 Å². The van der Waals surface area contributed by atoms with Gasteiger partial charge in [-0.3, -0.25) is 4.79 Å². The molecule has 0 radical (unpaired) electrons. The molecule has 1 aromatic heterocycles. The number of carbonyl (C=O) groups is 1. The third-order valence-electron chi connectivity index (χ3n) is 3.26. The molecule has 2 rings (SSSR count). The number of hydrogen-bond donors (Lipinski definition) is 2. The van der Waals surface area contributed by atoms with E-state index in [2.05, 4.69) is 15.8 Å². The van der Waals surface area contributed by atoms with Crippen LogP contribution in [0.15, 0.2) is 10.6 Å². The molecule has 6 heteroatoms. The van der Waals surface area contributed by atoms with Gasteiger partial charge in [0.2, 0.25) is 0 Å². The number of carbonyl (C=O) groups excluding carboxylic acids is 1. The summed E-state index contributed by atoms with van der Waals surface area (Å²) in [4.78, 5) is 11.9. The maximum absolute atomic E-state index is 11.9. The second-order valence-electron chi connectivity index (χ2n) is 4.69. The largest absolute Gasteiger partial charge is 0.361 e. The third kappa shape index (κ3) is 3.71. The molecule has 0 aliphatic carbocycles. The number of nitrogens with one attached hydrogen (secondary N) is 2. The third-order valence-corrected chi connectivity index (χ3v) is 3.26. The Morgan fingerprint density at radius 3 is 3.00 bits per heavy atom. The Kier molecular flexibility index (Phi) is 5.62. The van der Waals surface area contributed by atoms with Crippen molar-refractivity contribution >= 4 is 18.3 Å². The minimum Gasteiger partial charge on any atom is -0.361 e. The maximum Gasteiger partial charge on any atom is 0.273 e. The number of amides is 1. The van der Waals surface area contributed by atoms with Gasteiger partial charge in [0.25, 0.3) is 5.91 Å². The summed E-state index contributed by atoms with van der Waals surface area (Å²) in [6.07, 6.45) is 2.33. The highest BCUT2D eigenvalue weighted by Gasteiger charge is 2.22. The topological polar surface area (TPSA) is 67.2 Å². The smallest absolute Gasteiger partial charge is 0.273 e. The molecule has 0 spiro atoms. The average molecular weight is 274 g/mol. The van der Waals surface area contributed by atoms with Gasteiger partial charge in [0.05, 0.1) is 0 Å². The van der Waals surface area contributed by atoms with Gasteiger partial charge in [-0.05, 0) is 45.7 Å². The summed E-state index contributed by atoms with van der Waals surface area (Å²) < 4.78 is 4.89. The fourth-order valence-electron chi connectivity index (χ4n) is 2.18. The highest BCUT2D eigenvalue weighted by molar-refractivity contribution is 5.92. The summed E-state index contributed by atoms with van der Waals surface area (Å²) in [6, 6.07) is 1.81. The Bertz CT molecular complexity index is 388. The highest BCUT2D eigenvalue weighted by Crippen LogP contribution is 2.14. The van der Waals surface area contributed by atoms with Crippen LogP contribution in [0.2, 0.25) is 0 Å². The molecular weight excluding hydrogens is 254 g/mol. The average Bonchev–Trinajstić information content (AvgIpc) is 2.77. The van der Waals surface area contributed by atoms with Crippen LogP contribution in [0.3, 0.4) is 0 Å². The normalized spacial score (nSPS) is 20.9. The monoisotopic (exact) mass is 273 g/mol. The van der Waals surface area contributed by atoms with Crippen molar-refractivity contribution in [3.05, 3.63) is 17.5 Å². The predicted octanol–water partition coefficient (Wildman–Crippen LogP) is 1.52. The molecule has 1 saturated heterocycles. The highest BCUT2D eigenvalue weighted by atomic mass is 35.5. The lowest BCUT2D eigenvalue weighted by molar-refractivity contribution is 0.0912. The van der Waals surface area contributed by atoms with Crippen LogP contribution in [0, 0.1) is 12.8 Å². The molecule has 1 aromatic rings. The van der Waals surface area contributed by atoms with Crippen LogP contribution in [0.5, 0.6) is 0 Å². The van der Waals surface area contributed by atoms with E-state index in [1.54, 1.807) is 13.0 Å². The number of hydrogen-bond acceptors (Lipinski definition) is 4. The number of aromatic nitrogens is 1. The molecule has 1 aliphatic heterocycles. The minimum absolute atomic E-state index is 0. The van der Waals surface area contributed by atoms with Crippen LogP contribution in [-0.2, 0) is 0 Å². The molecule has 2 N–H and O–H groups in total. The Hall–Kier alpha value is -1.07. The minimum atomic E-state index is -0.153. The van der Waals surface area contributed by atoms with Gasteiger partial charge in [-0.1, -0.05) is 5.16 Å². The quantitative estimate of drug-likeness (QED) is 0.876. The first kappa shape index (κ1) is 15.0. The van der Waals surface area contributed by atoms with Gasteiger partial charge in [-0.15, -0.1) is 12.4 Å². The molecule has 0 saturated carbocycles. The summed E-state index contributed by atoms with van der Waals surface area (Å²) in [6.45, 7) is 5.87. The molecule has 0 bridgehead atoms. The van der Waals surface area contributed by atoms with Gasteiger partial charge >= 0.3 is 0 Å². The summed E-state index contributed by atoms with van der Waals surface area (Å²) >= 11 is 0. The van der Waals surface area contributed by atoms with Crippen LogP contribution >= 0.6 is 12.4 Å². The molecule has 102 valence electrons. The number of halogens is 1. The molecule has 18 heavy (non-hydrogen) atoms. The van der Waals surface area contributed by atoms with Gasteiger partial charge in [0.15, 0.2) is 5.69 Å². The summed E-state index contributed by atoms with van der Waals surface area (Å²) in [5.41, 5.74) is 0.359. The van der Waals surface area contributed by atoms with Gasteiger partial charge in [0, 0.05) is 12.1 Å². The number of piperidine rings is 1. The van der Waals surface area contributed by atoms with Crippen molar-refractivity contribution in [2.75, 3.05) is 13.1 Å². The number of rotatable bonds is 3. The first-order valence-corrected chi connectivity index (χ1v) is 6.11. The van der Waals surface area contributed by atoms with E-state index in [1.165, 1.54) is 6.42 Å². The summed E-state index contributed by atoms with van der Waals surface area (Å²) in [7, 11) is 0. The van der Waals surface area contributed by atoms with E-state index in [4.69, 9.17) is 4.52 Å². The molecule has 2 heterocycles. The lowest BCUT2D eigenvalue weighted by Gasteiger charge is -2.28. The SMILES string of the molecule is Cc1cc(C(=O)NC(C)C2CCCNC2)no1.Cl. The van der Waals surface area contributed by atoms with E-state index < -0.39 is 0 Å². The second kappa shape index (κ2) is 6.75. The molecule has 2 atom stereocenters. The van der Waals surface area contributed by atoms with Crippen LogP contribution in [0.25, 0.3) is 0 Å². The predicted molar refractivity (Wildman–Crippen MR) is 71.0 cm³/mol. The van der Waals surface area contributed by atoms with Crippen molar-refractivity contribution in [3.8, 4) is 0 Å². The first-order chi connectivity index (χ1) is 8.16. The zero-order chi connectivity index (χ0) is 12.3. The van der Waals surface area contributed by atoms with E-state index in [0.717, 1.165) is 19.5 Å². The van der Waals surface area contributed by atoms with Crippen molar-refractivity contribution in [2.24, 2.45) is 5.92 Å². The lowest BCUT2D eigenvalue weighted by atomic mass is 9.93. The van der Waals surface area contributed by atoms with Gasteiger partial charge in [-0.25, -0.2) is 0 Å². The van der Waals surface area contributed by atoms with E-state index >= 15 is 0 Å². The fraction of sp³-hybridized carbons (Fsp3) is 0.667. The van der Waals surface area contributed by atoms with Crippen molar-refractivity contribution in [2.45, 2.75) is 32.7 Å². The molecule has 5 nitrogen and oxygen atoms in total. The molecule has 1 amide bonds. The zero-order valence-electron chi connectivity index (χ0n) is 10.7. The van der Waals surface area contributed by atoms with Gasteiger partial charge in [-0.2, -0.15) is 0 Å².